The van der Waals surface area contributed by atoms with Crippen LogP contribution in [-0.4, -0.2) is 37.6 Å². The smallest absolute Gasteiger partial charge is 0.0104 e. The Balaban J connectivity index is 1.81. The molecule has 2 unspecified atom stereocenters. The second-order valence-corrected chi connectivity index (χ2v) is 4.95. The van der Waals surface area contributed by atoms with Gasteiger partial charge in [-0.05, 0) is 51.7 Å². The van der Waals surface area contributed by atoms with Crippen LogP contribution >= 0.6 is 0 Å². The van der Waals surface area contributed by atoms with E-state index in [2.05, 4.69) is 17.3 Å². The fraction of sp³-hybridized carbons (Fsp3) is 1.00. The van der Waals surface area contributed by atoms with Crippen molar-refractivity contribution in [3.8, 4) is 0 Å². The predicted octanol–water partition coefficient (Wildman–Crippen LogP) is 1.86. The van der Waals surface area contributed by atoms with Crippen molar-refractivity contribution in [3.05, 3.63) is 0 Å². The highest BCUT2D eigenvalue weighted by molar-refractivity contribution is 4.83. The standard InChI is InChI=1S/C12H24N2/c1-13-12-7-3-2-6-11(12)10-14-8-4-5-9-14/h11-13H,2-10H2,1H3. The van der Waals surface area contributed by atoms with Crippen LogP contribution in [-0.2, 0) is 0 Å². The average molecular weight is 196 g/mol. The Hall–Kier alpha value is -0.0800. The van der Waals surface area contributed by atoms with Gasteiger partial charge in [0.25, 0.3) is 0 Å². The van der Waals surface area contributed by atoms with E-state index >= 15 is 0 Å². The molecule has 0 aromatic heterocycles. The molecule has 2 aliphatic rings. The van der Waals surface area contributed by atoms with Crippen molar-refractivity contribution in [2.75, 3.05) is 26.7 Å². The maximum absolute atomic E-state index is 3.50. The van der Waals surface area contributed by atoms with Gasteiger partial charge in [0.15, 0.2) is 0 Å². The summed E-state index contributed by atoms with van der Waals surface area (Å²) in [5, 5.41) is 3.50. The highest BCUT2D eigenvalue weighted by atomic mass is 15.1. The number of rotatable bonds is 3. The Morgan fingerprint density at radius 1 is 1.07 bits per heavy atom. The summed E-state index contributed by atoms with van der Waals surface area (Å²) in [4.78, 5) is 2.67. The molecule has 1 aliphatic heterocycles. The predicted molar refractivity (Wildman–Crippen MR) is 60.5 cm³/mol. The third-order valence-corrected chi connectivity index (χ3v) is 3.97. The van der Waals surface area contributed by atoms with Crippen molar-refractivity contribution in [1.82, 2.24) is 10.2 Å². The summed E-state index contributed by atoms with van der Waals surface area (Å²) < 4.78 is 0. The molecule has 14 heavy (non-hydrogen) atoms. The largest absolute Gasteiger partial charge is 0.317 e. The summed E-state index contributed by atoms with van der Waals surface area (Å²) >= 11 is 0. The minimum absolute atomic E-state index is 0.796. The lowest BCUT2D eigenvalue weighted by Crippen LogP contribution is -2.42. The lowest BCUT2D eigenvalue weighted by atomic mass is 9.84. The zero-order chi connectivity index (χ0) is 9.80. The van der Waals surface area contributed by atoms with Gasteiger partial charge in [-0.15, -0.1) is 0 Å². The topological polar surface area (TPSA) is 15.3 Å². The fourth-order valence-corrected chi connectivity index (χ4v) is 3.10. The first-order valence-electron chi connectivity index (χ1n) is 6.30. The molecular formula is C12H24N2. The van der Waals surface area contributed by atoms with Crippen molar-refractivity contribution in [1.29, 1.82) is 0 Å². The first kappa shape index (κ1) is 10.4. The summed E-state index contributed by atoms with van der Waals surface area (Å²) in [6, 6.07) is 0.796. The number of hydrogen-bond acceptors (Lipinski definition) is 2. The first-order valence-corrected chi connectivity index (χ1v) is 6.30. The van der Waals surface area contributed by atoms with Crippen LogP contribution < -0.4 is 5.32 Å². The Bertz CT molecular complexity index is 164. The molecule has 0 aromatic carbocycles. The highest BCUT2D eigenvalue weighted by Gasteiger charge is 2.26. The van der Waals surface area contributed by atoms with Gasteiger partial charge in [-0.25, -0.2) is 0 Å². The molecule has 2 atom stereocenters. The number of nitrogens with zero attached hydrogens (tertiary/aromatic N) is 1. The SMILES string of the molecule is CNC1CCCCC1CN1CCCC1. The molecule has 1 heterocycles. The Morgan fingerprint density at radius 3 is 2.50 bits per heavy atom. The summed E-state index contributed by atoms with van der Waals surface area (Å²) in [6.45, 7) is 4.06. The zero-order valence-corrected chi connectivity index (χ0v) is 9.47. The molecule has 0 aromatic rings. The van der Waals surface area contributed by atoms with Crippen LogP contribution in [0.2, 0.25) is 0 Å². The molecule has 1 saturated heterocycles. The van der Waals surface area contributed by atoms with Crippen molar-refractivity contribution in [3.63, 3.8) is 0 Å². The zero-order valence-electron chi connectivity index (χ0n) is 9.47. The number of likely N-dealkylation sites (tertiary alicyclic amines) is 1. The molecule has 0 radical (unpaired) electrons. The van der Waals surface area contributed by atoms with E-state index in [4.69, 9.17) is 0 Å². The quantitative estimate of drug-likeness (QED) is 0.741. The molecule has 82 valence electrons. The van der Waals surface area contributed by atoms with Crippen molar-refractivity contribution in [2.24, 2.45) is 5.92 Å². The second-order valence-electron chi connectivity index (χ2n) is 4.95. The van der Waals surface area contributed by atoms with Crippen LogP contribution in [0.5, 0.6) is 0 Å². The Morgan fingerprint density at radius 2 is 1.79 bits per heavy atom. The molecule has 0 amide bonds. The van der Waals surface area contributed by atoms with Gasteiger partial charge in [-0.2, -0.15) is 0 Å². The second kappa shape index (κ2) is 5.13. The van der Waals surface area contributed by atoms with Gasteiger partial charge < -0.3 is 10.2 Å². The molecule has 1 aliphatic carbocycles. The van der Waals surface area contributed by atoms with Crippen molar-refractivity contribution in [2.45, 2.75) is 44.6 Å². The van der Waals surface area contributed by atoms with E-state index in [9.17, 15) is 0 Å². The van der Waals surface area contributed by atoms with Crippen LogP contribution in [0, 0.1) is 5.92 Å². The van der Waals surface area contributed by atoms with E-state index in [-0.39, 0.29) is 0 Å². The van der Waals surface area contributed by atoms with Gasteiger partial charge in [-0.1, -0.05) is 12.8 Å². The van der Waals surface area contributed by atoms with Crippen LogP contribution in [0.4, 0.5) is 0 Å². The van der Waals surface area contributed by atoms with E-state index in [0.717, 1.165) is 12.0 Å². The maximum Gasteiger partial charge on any atom is 0.0104 e. The van der Waals surface area contributed by atoms with Gasteiger partial charge in [-0.3, -0.25) is 0 Å². The van der Waals surface area contributed by atoms with Crippen LogP contribution in [0.15, 0.2) is 0 Å². The third-order valence-electron chi connectivity index (χ3n) is 3.97. The number of nitrogens with one attached hydrogen (secondary N) is 1. The van der Waals surface area contributed by atoms with Gasteiger partial charge in [0.2, 0.25) is 0 Å². The molecule has 2 heteroatoms. The van der Waals surface area contributed by atoms with E-state index in [1.165, 1.54) is 58.2 Å². The summed E-state index contributed by atoms with van der Waals surface area (Å²) in [5.41, 5.74) is 0. The summed E-state index contributed by atoms with van der Waals surface area (Å²) in [7, 11) is 2.13. The average Bonchev–Trinajstić information content (AvgIpc) is 2.71. The van der Waals surface area contributed by atoms with Crippen LogP contribution in [0.3, 0.4) is 0 Å². The lowest BCUT2D eigenvalue weighted by molar-refractivity contribution is 0.194. The fourth-order valence-electron chi connectivity index (χ4n) is 3.10. The van der Waals surface area contributed by atoms with Crippen LogP contribution in [0.25, 0.3) is 0 Å². The van der Waals surface area contributed by atoms with Gasteiger partial charge >= 0.3 is 0 Å². The Kier molecular flexibility index (Phi) is 3.82. The molecular weight excluding hydrogens is 172 g/mol. The minimum Gasteiger partial charge on any atom is -0.317 e. The monoisotopic (exact) mass is 196 g/mol. The maximum atomic E-state index is 3.50. The summed E-state index contributed by atoms with van der Waals surface area (Å²) in [6.07, 6.45) is 8.59. The normalized spacial score (nSPS) is 34.9. The minimum atomic E-state index is 0.796. The van der Waals surface area contributed by atoms with E-state index in [0.29, 0.717) is 0 Å². The van der Waals surface area contributed by atoms with Gasteiger partial charge in [0.1, 0.15) is 0 Å². The van der Waals surface area contributed by atoms with E-state index < -0.39 is 0 Å². The number of hydrogen-bond donors (Lipinski definition) is 1. The molecule has 0 bridgehead atoms. The van der Waals surface area contributed by atoms with Gasteiger partial charge in [0.05, 0.1) is 0 Å². The molecule has 2 fully saturated rings. The molecule has 1 N–H and O–H groups in total. The van der Waals surface area contributed by atoms with Gasteiger partial charge in [0, 0.05) is 12.6 Å². The molecule has 1 saturated carbocycles. The Labute approximate surface area is 88.1 Å². The van der Waals surface area contributed by atoms with E-state index in [1.54, 1.807) is 0 Å². The van der Waals surface area contributed by atoms with E-state index in [1.807, 2.05) is 0 Å². The molecule has 0 spiro atoms. The highest BCUT2D eigenvalue weighted by Crippen LogP contribution is 2.26. The molecule has 2 nitrogen and oxygen atoms in total. The molecule has 2 rings (SSSR count). The first-order chi connectivity index (χ1) is 6.90. The van der Waals surface area contributed by atoms with Crippen LogP contribution in [0.1, 0.15) is 38.5 Å². The van der Waals surface area contributed by atoms with Crippen molar-refractivity contribution < 1.29 is 0 Å². The third kappa shape index (κ3) is 2.48. The van der Waals surface area contributed by atoms with Crippen molar-refractivity contribution >= 4 is 0 Å². The summed E-state index contributed by atoms with van der Waals surface area (Å²) in [5.74, 6) is 0.923. The lowest BCUT2D eigenvalue weighted by Gasteiger charge is -2.34.